The van der Waals surface area contributed by atoms with Crippen molar-refractivity contribution in [2.75, 3.05) is 26.5 Å². The highest BCUT2D eigenvalue weighted by Gasteiger charge is 2.27. The van der Waals surface area contributed by atoms with Gasteiger partial charge in [-0.1, -0.05) is 23.9 Å². The number of para-hydroxylation sites is 1. The SMILES string of the molecule is COc1ccc(-n2c(SCC(=O)N3CCCC3=O)nnc2-c2ccccc2OC)cc1. The quantitative estimate of drug-likeness (QED) is 0.524. The summed E-state index contributed by atoms with van der Waals surface area (Å²) in [6.07, 6.45) is 1.14. The molecule has 0 bridgehead atoms. The van der Waals surface area contributed by atoms with E-state index in [-0.39, 0.29) is 17.6 Å². The van der Waals surface area contributed by atoms with Crippen molar-refractivity contribution in [2.45, 2.75) is 18.0 Å². The Labute approximate surface area is 184 Å². The van der Waals surface area contributed by atoms with Gasteiger partial charge in [0.2, 0.25) is 11.8 Å². The van der Waals surface area contributed by atoms with Crippen molar-refractivity contribution >= 4 is 23.6 Å². The van der Waals surface area contributed by atoms with Crippen LogP contribution in [-0.4, -0.2) is 58.0 Å². The minimum Gasteiger partial charge on any atom is -0.497 e. The maximum atomic E-state index is 12.5. The molecule has 31 heavy (non-hydrogen) atoms. The zero-order valence-corrected chi connectivity index (χ0v) is 18.1. The number of nitrogens with zero attached hydrogens (tertiary/aromatic N) is 4. The van der Waals surface area contributed by atoms with E-state index in [2.05, 4.69) is 10.2 Å². The minimum atomic E-state index is -0.212. The molecule has 3 aromatic rings. The van der Waals surface area contributed by atoms with Crippen LogP contribution in [0.3, 0.4) is 0 Å². The third-order valence-corrected chi connectivity index (χ3v) is 5.92. The minimum absolute atomic E-state index is 0.103. The molecule has 160 valence electrons. The van der Waals surface area contributed by atoms with E-state index in [1.54, 1.807) is 14.2 Å². The highest BCUT2D eigenvalue weighted by atomic mass is 32.2. The molecule has 2 aromatic carbocycles. The van der Waals surface area contributed by atoms with Gasteiger partial charge in [-0.25, -0.2) is 0 Å². The summed E-state index contributed by atoms with van der Waals surface area (Å²) in [5.41, 5.74) is 1.60. The summed E-state index contributed by atoms with van der Waals surface area (Å²) in [6, 6.07) is 15.1. The molecule has 0 N–H and O–H groups in total. The van der Waals surface area contributed by atoms with Gasteiger partial charge in [-0.3, -0.25) is 19.1 Å². The molecule has 1 aliphatic rings. The van der Waals surface area contributed by atoms with Crippen LogP contribution in [0.1, 0.15) is 12.8 Å². The molecule has 9 heteroatoms. The Morgan fingerprint density at radius 1 is 1.06 bits per heavy atom. The van der Waals surface area contributed by atoms with Crippen LogP contribution in [-0.2, 0) is 9.59 Å². The zero-order chi connectivity index (χ0) is 21.8. The first-order valence-corrected chi connectivity index (χ1v) is 10.8. The van der Waals surface area contributed by atoms with Crippen molar-refractivity contribution in [3.8, 4) is 28.6 Å². The summed E-state index contributed by atoms with van der Waals surface area (Å²) in [7, 11) is 3.22. The summed E-state index contributed by atoms with van der Waals surface area (Å²) in [5.74, 6) is 1.77. The second-order valence-electron chi connectivity index (χ2n) is 6.87. The van der Waals surface area contributed by atoms with Gasteiger partial charge >= 0.3 is 0 Å². The molecule has 2 amide bonds. The van der Waals surface area contributed by atoms with Crippen molar-refractivity contribution in [3.05, 3.63) is 48.5 Å². The Kier molecular flexibility index (Phi) is 6.22. The van der Waals surface area contributed by atoms with Crippen molar-refractivity contribution in [2.24, 2.45) is 0 Å². The molecule has 1 aliphatic heterocycles. The monoisotopic (exact) mass is 438 g/mol. The predicted molar refractivity (Wildman–Crippen MR) is 117 cm³/mol. The molecule has 0 radical (unpaired) electrons. The van der Waals surface area contributed by atoms with Gasteiger partial charge in [-0.2, -0.15) is 0 Å². The molecule has 1 saturated heterocycles. The van der Waals surface area contributed by atoms with Gasteiger partial charge in [0.15, 0.2) is 11.0 Å². The third-order valence-electron chi connectivity index (χ3n) is 5.01. The molecular formula is C22H22N4O4S. The number of carbonyl (C=O) groups is 2. The largest absolute Gasteiger partial charge is 0.497 e. The van der Waals surface area contributed by atoms with Crippen LogP contribution >= 0.6 is 11.8 Å². The van der Waals surface area contributed by atoms with Gasteiger partial charge in [-0.05, 0) is 42.8 Å². The van der Waals surface area contributed by atoms with E-state index in [0.717, 1.165) is 23.4 Å². The Bertz CT molecular complexity index is 1100. The van der Waals surface area contributed by atoms with Gasteiger partial charge in [0.25, 0.3) is 0 Å². The second kappa shape index (κ2) is 9.22. The lowest BCUT2D eigenvalue weighted by Crippen LogP contribution is -2.33. The number of aromatic nitrogens is 3. The van der Waals surface area contributed by atoms with E-state index in [1.165, 1.54) is 16.7 Å². The molecule has 0 saturated carbocycles. The van der Waals surface area contributed by atoms with Crippen molar-refractivity contribution in [1.82, 2.24) is 19.7 Å². The lowest BCUT2D eigenvalue weighted by atomic mass is 10.2. The summed E-state index contributed by atoms with van der Waals surface area (Å²) in [5, 5.41) is 9.28. The van der Waals surface area contributed by atoms with Crippen LogP contribution < -0.4 is 9.47 Å². The summed E-state index contributed by atoms with van der Waals surface area (Å²) < 4.78 is 12.7. The summed E-state index contributed by atoms with van der Waals surface area (Å²) >= 11 is 1.25. The number of imide groups is 1. The lowest BCUT2D eigenvalue weighted by molar-refractivity contribution is -0.140. The molecule has 0 atom stereocenters. The zero-order valence-electron chi connectivity index (χ0n) is 17.3. The first-order chi connectivity index (χ1) is 15.1. The number of ether oxygens (including phenoxy) is 2. The lowest BCUT2D eigenvalue weighted by Gasteiger charge is -2.14. The number of hydrogen-bond acceptors (Lipinski definition) is 7. The Balaban J connectivity index is 1.70. The second-order valence-corrected chi connectivity index (χ2v) is 7.81. The smallest absolute Gasteiger partial charge is 0.239 e. The molecular weight excluding hydrogens is 416 g/mol. The van der Waals surface area contributed by atoms with Crippen LogP contribution in [0.5, 0.6) is 11.5 Å². The average molecular weight is 439 g/mol. The fourth-order valence-electron chi connectivity index (χ4n) is 3.45. The van der Waals surface area contributed by atoms with Gasteiger partial charge in [-0.15, -0.1) is 10.2 Å². The standard InChI is InChI=1S/C22H22N4O4S/c1-29-16-11-9-15(10-12-16)26-21(17-6-3-4-7-18(17)30-2)23-24-22(26)31-14-20(28)25-13-5-8-19(25)27/h3-4,6-7,9-12H,5,8,13-14H2,1-2H3. The number of methoxy groups -OCH3 is 2. The highest BCUT2D eigenvalue weighted by Crippen LogP contribution is 2.33. The van der Waals surface area contributed by atoms with Crippen molar-refractivity contribution in [1.29, 1.82) is 0 Å². The molecule has 4 rings (SSSR count). The van der Waals surface area contributed by atoms with E-state index >= 15 is 0 Å². The van der Waals surface area contributed by atoms with Crippen LogP contribution in [0.2, 0.25) is 0 Å². The molecule has 0 aliphatic carbocycles. The van der Waals surface area contributed by atoms with E-state index in [9.17, 15) is 9.59 Å². The van der Waals surface area contributed by atoms with Crippen molar-refractivity contribution < 1.29 is 19.1 Å². The summed E-state index contributed by atoms with van der Waals surface area (Å²) in [4.78, 5) is 25.7. The van der Waals surface area contributed by atoms with Gasteiger partial charge in [0.05, 0.1) is 31.2 Å². The number of likely N-dealkylation sites (tertiary alicyclic amines) is 1. The Morgan fingerprint density at radius 3 is 2.52 bits per heavy atom. The molecule has 1 fully saturated rings. The Morgan fingerprint density at radius 2 is 1.84 bits per heavy atom. The number of hydrogen-bond donors (Lipinski definition) is 0. The topological polar surface area (TPSA) is 86.6 Å². The molecule has 2 heterocycles. The number of benzene rings is 2. The summed E-state index contributed by atoms with van der Waals surface area (Å²) in [6.45, 7) is 0.482. The normalized spacial score (nSPS) is 13.5. The number of amides is 2. The Hall–Kier alpha value is -3.33. The van der Waals surface area contributed by atoms with Crippen LogP contribution in [0.15, 0.2) is 53.7 Å². The third kappa shape index (κ3) is 4.27. The predicted octanol–water partition coefficient (Wildman–Crippen LogP) is 3.19. The van der Waals surface area contributed by atoms with Gasteiger partial charge in [0, 0.05) is 13.0 Å². The number of rotatable bonds is 7. The molecule has 8 nitrogen and oxygen atoms in total. The van der Waals surface area contributed by atoms with Crippen LogP contribution in [0, 0.1) is 0 Å². The van der Waals surface area contributed by atoms with E-state index in [0.29, 0.717) is 29.7 Å². The first kappa shape index (κ1) is 20.9. The number of thioether (sulfide) groups is 1. The first-order valence-electron chi connectivity index (χ1n) is 9.81. The molecule has 0 unspecified atom stereocenters. The fourth-order valence-corrected chi connectivity index (χ4v) is 4.28. The van der Waals surface area contributed by atoms with Gasteiger partial charge in [0.1, 0.15) is 11.5 Å². The van der Waals surface area contributed by atoms with Crippen LogP contribution in [0.4, 0.5) is 0 Å². The molecule has 1 aromatic heterocycles. The number of carbonyl (C=O) groups excluding carboxylic acids is 2. The maximum Gasteiger partial charge on any atom is 0.239 e. The van der Waals surface area contributed by atoms with Gasteiger partial charge < -0.3 is 9.47 Å². The van der Waals surface area contributed by atoms with E-state index in [1.807, 2.05) is 53.1 Å². The van der Waals surface area contributed by atoms with Crippen molar-refractivity contribution in [3.63, 3.8) is 0 Å². The van der Waals surface area contributed by atoms with E-state index in [4.69, 9.17) is 9.47 Å². The molecule has 0 spiro atoms. The average Bonchev–Trinajstić information content (AvgIpc) is 3.43. The fraction of sp³-hybridized carbons (Fsp3) is 0.273. The highest BCUT2D eigenvalue weighted by molar-refractivity contribution is 7.99. The van der Waals surface area contributed by atoms with E-state index < -0.39 is 0 Å². The van der Waals surface area contributed by atoms with Crippen LogP contribution in [0.25, 0.3) is 17.1 Å². The maximum absolute atomic E-state index is 12.5.